The molecule has 4 nitrogen and oxygen atoms in total. The fourth-order valence-electron chi connectivity index (χ4n) is 3.56. The molecular weight excluding hydrogens is 276 g/mol. The Balaban J connectivity index is 2.07. The highest BCUT2D eigenvalue weighted by molar-refractivity contribution is 5.42. The highest BCUT2D eigenvalue weighted by Crippen LogP contribution is 2.36. The van der Waals surface area contributed by atoms with Crippen LogP contribution in [0.25, 0.3) is 0 Å². The predicted molar refractivity (Wildman–Crippen MR) is 86.0 cm³/mol. The van der Waals surface area contributed by atoms with E-state index in [9.17, 15) is 9.90 Å². The molecule has 2 aromatic heterocycles. The Morgan fingerprint density at radius 1 is 1.32 bits per heavy atom. The van der Waals surface area contributed by atoms with Gasteiger partial charge in [0.2, 0.25) is 0 Å². The van der Waals surface area contributed by atoms with Crippen LogP contribution in [0.15, 0.2) is 29.2 Å². The van der Waals surface area contributed by atoms with Crippen molar-refractivity contribution in [2.24, 2.45) is 0 Å². The molecule has 0 amide bonds. The molecule has 0 aliphatic heterocycles. The molecule has 116 valence electrons. The van der Waals surface area contributed by atoms with Crippen LogP contribution in [0.3, 0.4) is 0 Å². The first-order chi connectivity index (χ1) is 10.4. The second-order valence-electron chi connectivity index (χ2n) is 6.66. The summed E-state index contributed by atoms with van der Waals surface area (Å²) in [5, 5.41) is 10.4. The molecule has 4 heteroatoms. The molecule has 2 aromatic rings. The van der Waals surface area contributed by atoms with Gasteiger partial charge in [0.15, 0.2) is 0 Å². The third kappa shape index (κ3) is 2.59. The first kappa shape index (κ1) is 15.0. The minimum Gasteiger partial charge on any atom is -0.386 e. The van der Waals surface area contributed by atoms with Gasteiger partial charge in [-0.2, -0.15) is 0 Å². The second kappa shape index (κ2) is 5.36. The molecule has 2 N–H and O–H groups in total. The highest BCUT2D eigenvalue weighted by atomic mass is 16.3. The zero-order valence-corrected chi connectivity index (χ0v) is 13.3. The Bertz CT molecular complexity index is 742. The van der Waals surface area contributed by atoms with Gasteiger partial charge in [0.1, 0.15) is 0 Å². The Kier molecular flexibility index (Phi) is 3.65. The Morgan fingerprint density at radius 2 is 2.09 bits per heavy atom. The van der Waals surface area contributed by atoms with Crippen LogP contribution in [0.4, 0.5) is 0 Å². The van der Waals surface area contributed by atoms with E-state index < -0.39 is 5.60 Å². The van der Waals surface area contributed by atoms with Crippen molar-refractivity contribution in [3.05, 3.63) is 62.8 Å². The number of pyridine rings is 2. The number of aromatic amines is 1. The van der Waals surface area contributed by atoms with E-state index in [0.29, 0.717) is 11.5 Å². The lowest BCUT2D eigenvalue weighted by molar-refractivity contribution is 0.0756. The number of aryl methyl sites for hydroxylation is 1. The van der Waals surface area contributed by atoms with E-state index >= 15 is 0 Å². The molecule has 0 aromatic carbocycles. The summed E-state index contributed by atoms with van der Waals surface area (Å²) in [7, 11) is 0. The van der Waals surface area contributed by atoms with Gasteiger partial charge in [-0.05, 0) is 63.3 Å². The summed E-state index contributed by atoms with van der Waals surface area (Å²) in [6.07, 6.45) is 4.45. The third-order valence-corrected chi connectivity index (χ3v) is 4.56. The number of nitrogens with one attached hydrogen (secondary N) is 1. The van der Waals surface area contributed by atoms with E-state index in [1.807, 2.05) is 25.3 Å². The average molecular weight is 298 g/mol. The number of aromatic nitrogens is 2. The number of aliphatic hydroxyl groups is 1. The van der Waals surface area contributed by atoms with Gasteiger partial charge in [0.25, 0.3) is 5.56 Å². The Morgan fingerprint density at radius 3 is 2.73 bits per heavy atom. The van der Waals surface area contributed by atoms with Crippen molar-refractivity contribution in [1.29, 1.82) is 0 Å². The van der Waals surface area contributed by atoms with Crippen molar-refractivity contribution >= 4 is 0 Å². The summed E-state index contributed by atoms with van der Waals surface area (Å²) in [6, 6.07) is 6.00. The van der Waals surface area contributed by atoms with Crippen molar-refractivity contribution in [1.82, 2.24) is 9.97 Å². The number of nitrogens with zero attached hydrogens (tertiary/aromatic N) is 1. The molecule has 0 bridgehead atoms. The zero-order chi connectivity index (χ0) is 15.9. The summed E-state index contributed by atoms with van der Waals surface area (Å²) >= 11 is 0. The normalized spacial score (nSPS) is 18.1. The van der Waals surface area contributed by atoms with Crippen molar-refractivity contribution in [2.45, 2.75) is 51.6 Å². The van der Waals surface area contributed by atoms with Crippen LogP contribution in [-0.2, 0) is 18.4 Å². The summed E-state index contributed by atoms with van der Waals surface area (Å²) in [4.78, 5) is 19.7. The summed E-state index contributed by atoms with van der Waals surface area (Å²) in [6.45, 7) is 5.30. The van der Waals surface area contributed by atoms with Crippen LogP contribution in [0.5, 0.6) is 0 Å². The topological polar surface area (TPSA) is 66.0 Å². The highest BCUT2D eigenvalue weighted by Gasteiger charge is 2.31. The smallest absolute Gasteiger partial charge is 0.254 e. The second-order valence-corrected chi connectivity index (χ2v) is 6.66. The van der Waals surface area contributed by atoms with Crippen LogP contribution in [-0.4, -0.2) is 15.1 Å². The monoisotopic (exact) mass is 298 g/mol. The van der Waals surface area contributed by atoms with Crippen molar-refractivity contribution in [3.8, 4) is 0 Å². The van der Waals surface area contributed by atoms with Gasteiger partial charge < -0.3 is 10.1 Å². The van der Waals surface area contributed by atoms with Gasteiger partial charge in [-0.3, -0.25) is 9.78 Å². The molecule has 0 spiro atoms. The molecule has 1 unspecified atom stereocenters. The lowest BCUT2D eigenvalue weighted by Crippen LogP contribution is -2.33. The molecule has 22 heavy (non-hydrogen) atoms. The van der Waals surface area contributed by atoms with Gasteiger partial charge in [0.05, 0.1) is 11.2 Å². The minimum absolute atomic E-state index is 0.167. The summed E-state index contributed by atoms with van der Waals surface area (Å²) in [5.74, 6) is 0.368. The van der Waals surface area contributed by atoms with Gasteiger partial charge in [-0.15, -0.1) is 0 Å². The maximum absolute atomic E-state index is 12.3. The maximum Gasteiger partial charge on any atom is 0.254 e. The predicted octanol–water partition coefficient (Wildman–Crippen LogP) is 2.58. The van der Waals surface area contributed by atoms with E-state index in [1.165, 1.54) is 5.56 Å². The van der Waals surface area contributed by atoms with Gasteiger partial charge in [0, 0.05) is 23.5 Å². The first-order valence-electron chi connectivity index (χ1n) is 7.76. The fourth-order valence-corrected chi connectivity index (χ4v) is 3.56. The average Bonchev–Trinajstić information content (AvgIpc) is 2.46. The molecule has 1 atom stereocenters. The van der Waals surface area contributed by atoms with E-state index in [1.54, 1.807) is 13.8 Å². The standard InChI is InChI=1S/C18H22N2O2/c1-11-14-10-12(15-6-4-5-9-19-15)7-8-13(14)16(17(21)20-11)18(2,3)22/h4-6,9,12,22H,7-8,10H2,1-3H3,(H,20,21). The van der Waals surface area contributed by atoms with Gasteiger partial charge >= 0.3 is 0 Å². The van der Waals surface area contributed by atoms with E-state index in [0.717, 1.165) is 36.2 Å². The lowest BCUT2D eigenvalue weighted by atomic mass is 9.77. The molecular formula is C18H22N2O2. The van der Waals surface area contributed by atoms with Crippen molar-refractivity contribution in [2.75, 3.05) is 0 Å². The molecule has 3 rings (SSSR count). The quantitative estimate of drug-likeness (QED) is 0.895. The summed E-state index contributed by atoms with van der Waals surface area (Å²) in [5.41, 5.74) is 3.44. The van der Waals surface area contributed by atoms with Crippen LogP contribution < -0.4 is 5.56 Å². The molecule has 0 radical (unpaired) electrons. The van der Waals surface area contributed by atoms with E-state index in [-0.39, 0.29) is 5.56 Å². The number of rotatable bonds is 2. The van der Waals surface area contributed by atoms with Crippen LogP contribution >= 0.6 is 0 Å². The largest absolute Gasteiger partial charge is 0.386 e. The lowest BCUT2D eigenvalue weighted by Gasteiger charge is -2.30. The minimum atomic E-state index is -1.12. The SMILES string of the molecule is Cc1[nH]c(=O)c(C(C)(C)O)c2c1CC(c1ccccn1)CC2. The number of hydrogen-bond donors (Lipinski definition) is 2. The summed E-state index contributed by atoms with van der Waals surface area (Å²) < 4.78 is 0. The van der Waals surface area contributed by atoms with Crippen LogP contribution in [0, 0.1) is 6.92 Å². The maximum atomic E-state index is 12.3. The van der Waals surface area contributed by atoms with Crippen molar-refractivity contribution in [3.63, 3.8) is 0 Å². The molecule has 0 fully saturated rings. The number of H-pyrrole nitrogens is 1. The van der Waals surface area contributed by atoms with Crippen LogP contribution in [0.1, 0.15) is 54.3 Å². The van der Waals surface area contributed by atoms with E-state index in [4.69, 9.17) is 0 Å². The van der Waals surface area contributed by atoms with E-state index in [2.05, 4.69) is 16.0 Å². The third-order valence-electron chi connectivity index (χ3n) is 4.56. The van der Waals surface area contributed by atoms with Gasteiger partial charge in [-0.25, -0.2) is 0 Å². The molecule has 0 saturated carbocycles. The molecule has 1 aliphatic carbocycles. The zero-order valence-electron chi connectivity index (χ0n) is 13.3. The Hall–Kier alpha value is -1.94. The Labute approximate surface area is 130 Å². The number of hydrogen-bond acceptors (Lipinski definition) is 3. The molecule has 0 saturated heterocycles. The fraction of sp³-hybridized carbons (Fsp3) is 0.444. The molecule has 2 heterocycles. The first-order valence-corrected chi connectivity index (χ1v) is 7.76. The van der Waals surface area contributed by atoms with Gasteiger partial charge in [-0.1, -0.05) is 6.07 Å². The van der Waals surface area contributed by atoms with Crippen LogP contribution in [0.2, 0.25) is 0 Å². The van der Waals surface area contributed by atoms with Crippen molar-refractivity contribution < 1.29 is 5.11 Å². The number of fused-ring (bicyclic) bond motifs is 1. The molecule has 1 aliphatic rings.